The van der Waals surface area contributed by atoms with Crippen molar-refractivity contribution >= 4 is 24.0 Å². The summed E-state index contributed by atoms with van der Waals surface area (Å²) in [6, 6.07) is 7.49. The Balaban J connectivity index is 0.00000156. The van der Waals surface area contributed by atoms with Crippen molar-refractivity contribution in [1.82, 2.24) is 20.4 Å². The van der Waals surface area contributed by atoms with E-state index in [4.69, 9.17) is 16.1 Å². The van der Waals surface area contributed by atoms with Gasteiger partial charge in [0.1, 0.15) is 0 Å². The summed E-state index contributed by atoms with van der Waals surface area (Å²) in [4.78, 5) is 6.93. The fraction of sp³-hybridized carbons (Fsp3) is 0.500. The fourth-order valence-corrected chi connectivity index (χ4v) is 3.66. The fourth-order valence-electron chi connectivity index (χ4n) is 3.53. The number of rotatable bonds is 3. The monoisotopic (exact) mass is 354 g/mol. The molecule has 5 nitrogen and oxygen atoms in total. The number of aromatic nitrogens is 2. The third-order valence-corrected chi connectivity index (χ3v) is 5.03. The Morgan fingerprint density at radius 1 is 1.26 bits per heavy atom. The molecule has 23 heavy (non-hydrogen) atoms. The van der Waals surface area contributed by atoms with E-state index in [1.807, 2.05) is 24.3 Å². The van der Waals surface area contributed by atoms with Crippen LogP contribution in [0.5, 0.6) is 0 Å². The zero-order valence-electron chi connectivity index (χ0n) is 12.8. The van der Waals surface area contributed by atoms with E-state index < -0.39 is 0 Å². The minimum absolute atomic E-state index is 0. The van der Waals surface area contributed by atoms with Crippen molar-refractivity contribution in [3.05, 3.63) is 35.2 Å². The lowest BCUT2D eigenvalue weighted by Crippen LogP contribution is -2.29. The van der Waals surface area contributed by atoms with Gasteiger partial charge in [-0.25, -0.2) is 0 Å². The molecule has 0 radical (unpaired) electrons. The number of nitrogens with one attached hydrogen (secondary N) is 1. The molecule has 1 aromatic carbocycles. The van der Waals surface area contributed by atoms with Crippen LogP contribution in [-0.4, -0.2) is 41.2 Å². The summed E-state index contributed by atoms with van der Waals surface area (Å²) >= 11 is 5.90. The Bertz CT molecular complexity index is 652. The van der Waals surface area contributed by atoms with E-state index >= 15 is 0 Å². The SMILES string of the molecule is Cl.Clc1ccc(-c2noc(CN3CCC4(CCNC4)C3)n2)cc1. The normalized spacial score (nSPS) is 24.2. The molecule has 3 heterocycles. The highest BCUT2D eigenvalue weighted by Crippen LogP contribution is 2.36. The van der Waals surface area contributed by atoms with Crippen LogP contribution < -0.4 is 5.32 Å². The van der Waals surface area contributed by atoms with Crippen LogP contribution in [0, 0.1) is 5.41 Å². The first kappa shape index (κ1) is 16.7. The Labute approximate surface area is 146 Å². The quantitative estimate of drug-likeness (QED) is 0.917. The van der Waals surface area contributed by atoms with E-state index in [2.05, 4.69) is 20.4 Å². The van der Waals surface area contributed by atoms with Gasteiger partial charge in [0, 0.05) is 23.7 Å². The average molecular weight is 355 g/mol. The summed E-state index contributed by atoms with van der Waals surface area (Å²) in [5.41, 5.74) is 1.40. The van der Waals surface area contributed by atoms with Crippen molar-refractivity contribution < 1.29 is 4.52 Å². The van der Waals surface area contributed by atoms with Gasteiger partial charge in [0.05, 0.1) is 6.54 Å². The topological polar surface area (TPSA) is 54.2 Å². The van der Waals surface area contributed by atoms with Gasteiger partial charge in [-0.05, 0) is 55.6 Å². The van der Waals surface area contributed by atoms with Crippen molar-refractivity contribution in [3.8, 4) is 11.4 Å². The third-order valence-electron chi connectivity index (χ3n) is 4.78. The molecule has 1 unspecified atom stereocenters. The average Bonchev–Trinajstić information content (AvgIpc) is 3.24. The number of benzene rings is 1. The van der Waals surface area contributed by atoms with Gasteiger partial charge >= 0.3 is 0 Å². The van der Waals surface area contributed by atoms with Crippen LogP contribution in [0.4, 0.5) is 0 Å². The summed E-state index contributed by atoms with van der Waals surface area (Å²) in [5, 5.41) is 8.27. The van der Waals surface area contributed by atoms with E-state index in [-0.39, 0.29) is 12.4 Å². The van der Waals surface area contributed by atoms with E-state index in [0.29, 0.717) is 22.2 Å². The van der Waals surface area contributed by atoms with Crippen LogP contribution in [-0.2, 0) is 6.54 Å². The predicted molar refractivity (Wildman–Crippen MR) is 91.8 cm³/mol. The smallest absolute Gasteiger partial charge is 0.241 e. The minimum Gasteiger partial charge on any atom is -0.338 e. The number of hydrogen-bond acceptors (Lipinski definition) is 5. The Morgan fingerprint density at radius 2 is 2.09 bits per heavy atom. The van der Waals surface area contributed by atoms with Gasteiger partial charge in [0.2, 0.25) is 11.7 Å². The Morgan fingerprint density at radius 3 is 2.83 bits per heavy atom. The largest absolute Gasteiger partial charge is 0.338 e. The van der Waals surface area contributed by atoms with Crippen LogP contribution >= 0.6 is 24.0 Å². The molecule has 2 fully saturated rings. The Kier molecular flexibility index (Phi) is 4.92. The van der Waals surface area contributed by atoms with E-state index in [0.717, 1.165) is 38.3 Å². The summed E-state index contributed by atoms with van der Waals surface area (Å²) in [6.07, 6.45) is 2.54. The minimum atomic E-state index is 0. The highest BCUT2D eigenvalue weighted by Gasteiger charge is 2.40. The van der Waals surface area contributed by atoms with Crippen molar-refractivity contribution in [1.29, 1.82) is 0 Å². The maximum atomic E-state index is 5.90. The number of hydrogen-bond donors (Lipinski definition) is 1. The first-order chi connectivity index (χ1) is 10.7. The lowest BCUT2D eigenvalue weighted by molar-refractivity contribution is 0.236. The molecule has 0 saturated carbocycles. The molecule has 1 spiro atoms. The summed E-state index contributed by atoms with van der Waals surface area (Å²) in [5.74, 6) is 1.32. The van der Waals surface area contributed by atoms with Crippen molar-refractivity contribution in [2.75, 3.05) is 26.2 Å². The first-order valence-corrected chi connectivity index (χ1v) is 8.12. The van der Waals surface area contributed by atoms with E-state index in [1.165, 1.54) is 12.8 Å². The Hall–Kier alpha value is -1.14. The summed E-state index contributed by atoms with van der Waals surface area (Å²) in [7, 11) is 0. The molecular weight excluding hydrogens is 335 g/mol. The molecule has 0 bridgehead atoms. The van der Waals surface area contributed by atoms with Gasteiger partial charge < -0.3 is 9.84 Å². The van der Waals surface area contributed by atoms with Crippen molar-refractivity contribution in [3.63, 3.8) is 0 Å². The van der Waals surface area contributed by atoms with E-state index in [9.17, 15) is 0 Å². The molecule has 0 aliphatic carbocycles. The molecule has 2 aliphatic heterocycles. The zero-order valence-corrected chi connectivity index (χ0v) is 14.4. The number of halogens is 2. The molecule has 4 rings (SSSR count). The van der Waals surface area contributed by atoms with Crippen LogP contribution in [0.3, 0.4) is 0 Å². The van der Waals surface area contributed by atoms with Gasteiger partial charge in [-0.15, -0.1) is 12.4 Å². The molecular formula is C16H20Cl2N4O. The molecule has 1 N–H and O–H groups in total. The molecule has 2 aromatic rings. The molecule has 7 heteroatoms. The van der Waals surface area contributed by atoms with Crippen LogP contribution in [0.25, 0.3) is 11.4 Å². The van der Waals surface area contributed by atoms with Crippen LogP contribution in [0.1, 0.15) is 18.7 Å². The first-order valence-electron chi connectivity index (χ1n) is 7.74. The maximum absolute atomic E-state index is 5.90. The van der Waals surface area contributed by atoms with Crippen molar-refractivity contribution in [2.24, 2.45) is 5.41 Å². The highest BCUT2D eigenvalue weighted by atomic mass is 35.5. The van der Waals surface area contributed by atoms with Crippen LogP contribution in [0.15, 0.2) is 28.8 Å². The second-order valence-electron chi connectivity index (χ2n) is 6.41. The molecule has 2 aliphatic rings. The lowest BCUT2D eigenvalue weighted by Gasteiger charge is -2.21. The standard InChI is InChI=1S/C16H19ClN4O.ClH/c17-13-3-1-12(2-4-13)15-19-14(22-20-15)9-21-8-6-16(11-21)5-7-18-10-16;/h1-4,18H,5-11H2;1H. The highest BCUT2D eigenvalue weighted by molar-refractivity contribution is 6.30. The van der Waals surface area contributed by atoms with Crippen molar-refractivity contribution in [2.45, 2.75) is 19.4 Å². The molecule has 1 aromatic heterocycles. The number of likely N-dealkylation sites (tertiary alicyclic amines) is 1. The zero-order chi connectivity index (χ0) is 15.0. The van der Waals surface area contributed by atoms with Gasteiger partial charge in [-0.1, -0.05) is 16.8 Å². The third kappa shape index (κ3) is 3.53. The second-order valence-corrected chi connectivity index (χ2v) is 6.84. The van der Waals surface area contributed by atoms with Gasteiger partial charge in [-0.2, -0.15) is 4.98 Å². The second kappa shape index (κ2) is 6.77. The molecule has 124 valence electrons. The van der Waals surface area contributed by atoms with Gasteiger partial charge in [0.25, 0.3) is 0 Å². The maximum Gasteiger partial charge on any atom is 0.241 e. The lowest BCUT2D eigenvalue weighted by atomic mass is 9.87. The molecule has 1 atom stereocenters. The molecule has 0 amide bonds. The van der Waals surface area contributed by atoms with E-state index in [1.54, 1.807) is 0 Å². The number of nitrogens with zero attached hydrogens (tertiary/aromatic N) is 3. The van der Waals surface area contributed by atoms with Crippen LogP contribution in [0.2, 0.25) is 5.02 Å². The predicted octanol–water partition coefficient (Wildman–Crippen LogP) is 3.00. The molecule has 2 saturated heterocycles. The van der Waals surface area contributed by atoms with Gasteiger partial charge in [0.15, 0.2) is 0 Å². The summed E-state index contributed by atoms with van der Waals surface area (Å²) < 4.78 is 5.41. The summed E-state index contributed by atoms with van der Waals surface area (Å²) in [6.45, 7) is 5.26. The van der Waals surface area contributed by atoms with Gasteiger partial charge in [-0.3, -0.25) is 4.90 Å².